The van der Waals surface area contributed by atoms with Crippen LogP contribution in [-0.2, 0) is 0 Å². The number of likely N-dealkylation sites (tertiary alicyclic amines) is 1. The molecule has 2 aliphatic rings. The average Bonchev–Trinajstić information content (AvgIpc) is 3.45. The van der Waals surface area contributed by atoms with Gasteiger partial charge in [0, 0.05) is 35.0 Å². The molecule has 1 amide bonds. The summed E-state index contributed by atoms with van der Waals surface area (Å²) < 4.78 is 0. The van der Waals surface area contributed by atoms with Crippen LogP contribution in [0.25, 0.3) is 22.0 Å². The van der Waals surface area contributed by atoms with Crippen molar-refractivity contribution in [3.8, 4) is 11.3 Å². The third-order valence-corrected chi connectivity index (χ3v) is 6.51. The van der Waals surface area contributed by atoms with E-state index >= 15 is 0 Å². The van der Waals surface area contributed by atoms with Gasteiger partial charge in [-0.1, -0.05) is 72.8 Å². The largest absolute Gasteiger partial charge is 0.348 e. The topological polar surface area (TPSA) is 49.3 Å². The lowest BCUT2D eigenvalue weighted by atomic mass is 10.0. The van der Waals surface area contributed by atoms with Gasteiger partial charge in [-0.25, -0.2) is 0 Å². The van der Waals surface area contributed by atoms with Gasteiger partial charge in [-0.3, -0.25) is 4.79 Å². The summed E-state index contributed by atoms with van der Waals surface area (Å²) in [5, 5.41) is 11.5. The third kappa shape index (κ3) is 2.96. The van der Waals surface area contributed by atoms with E-state index in [1.807, 2.05) is 53.4 Å². The standard InChI is InChI=1S/C26H22N4O/c31-26(19-11-5-2-6-12-19)30-17-20-15-21(30)16-29(20)25-23-14-8-7-13-22(23)24(27-28-25)18-9-3-1-4-10-18/h1-14,20-21H,15-17H2/t20-,21-/m0/s1. The third-order valence-electron chi connectivity index (χ3n) is 6.51. The molecule has 2 aliphatic heterocycles. The molecule has 2 atom stereocenters. The summed E-state index contributed by atoms with van der Waals surface area (Å²) in [6.45, 7) is 1.53. The van der Waals surface area contributed by atoms with Crippen LogP contribution in [0.4, 0.5) is 5.82 Å². The van der Waals surface area contributed by atoms with Crippen molar-refractivity contribution >= 4 is 22.5 Å². The number of hydrogen-bond donors (Lipinski definition) is 0. The number of benzene rings is 3. The smallest absolute Gasteiger partial charge is 0.254 e. The van der Waals surface area contributed by atoms with Crippen LogP contribution in [0.1, 0.15) is 16.8 Å². The first-order valence-electron chi connectivity index (χ1n) is 10.7. The number of carbonyl (C=O) groups is 1. The van der Waals surface area contributed by atoms with Crippen molar-refractivity contribution in [3.63, 3.8) is 0 Å². The minimum atomic E-state index is 0.128. The number of fused-ring (bicyclic) bond motifs is 3. The zero-order valence-corrected chi connectivity index (χ0v) is 17.1. The fraction of sp³-hybridized carbons (Fsp3) is 0.192. The van der Waals surface area contributed by atoms with E-state index in [1.165, 1.54) is 0 Å². The maximum Gasteiger partial charge on any atom is 0.254 e. The van der Waals surface area contributed by atoms with E-state index in [-0.39, 0.29) is 18.0 Å². The highest BCUT2D eigenvalue weighted by Gasteiger charge is 2.46. The van der Waals surface area contributed by atoms with Gasteiger partial charge in [0.2, 0.25) is 0 Å². The second-order valence-electron chi connectivity index (χ2n) is 8.30. The number of nitrogens with zero attached hydrogens (tertiary/aromatic N) is 4. The van der Waals surface area contributed by atoms with E-state index in [0.29, 0.717) is 0 Å². The van der Waals surface area contributed by atoms with Gasteiger partial charge in [-0.05, 0) is 18.6 Å². The molecule has 2 bridgehead atoms. The monoisotopic (exact) mass is 406 g/mol. The van der Waals surface area contributed by atoms with Crippen molar-refractivity contribution in [1.82, 2.24) is 15.1 Å². The first kappa shape index (κ1) is 18.1. The highest BCUT2D eigenvalue weighted by atomic mass is 16.2. The van der Waals surface area contributed by atoms with Gasteiger partial charge in [0.05, 0.1) is 12.1 Å². The summed E-state index contributed by atoms with van der Waals surface area (Å²) in [6.07, 6.45) is 0.981. The highest BCUT2D eigenvalue weighted by molar-refractivity contribution is 6.00. The molecule has 2 saturated heterocycles. The van der Waals surface area contributed by atoms with Gasteiger partial charge in [0.15, 0.2) is 5.82 Å². The van der Waals surface area contributed by atoms with E-state index in [4.69, 9.17) is 0 Å². The molecule has 3 heterocycles. The zero-order valence-electron chi connectivity index (χ0n) is 17.1. The molecule has 0 saturated carbocycles. The van der Waals surface area contributed by atoms with Crippen molar-refractivity contribution in [2.45, 2.75) is 18.5 Å². The number of anilines is 1. The van der Waals surface area contributed by atoms with Crippen LogP contribution in [0.15, 0.2) is 84.9 Å². The van der Waals surface area contributed by atoms with E-state index in [2.05, 4.69) is 51.5 Å². The molecule has 0 unspecified atom stereocenters. The summed E-state index contributed by atoms with van der Waals surface area (Å²) in [4.78, 5) is 17.4. The molecule has 0 radical (unpaired) electrons. The maximum absolute atomic E-state index is 13.0. The van der Waals surface area contributed by atoms with Crippen LogP contribution in [0, 0.1) is 0 Å². The first-order chi connectivity index (χ1) is 15.3. The summed E-state index contributed by atoms with van der Waals surface area (Å²) in [5.41, 5.74) is 2.74. The number of hydrogen-bond acceptors (Lipinski definition) is 4. The van der Waals surface area contributed by atoms with Gasteiger partial charge in [0.25, 0.3) is 5.91 Å². The summed E-state index contributed by atoms with van der Waals surface area (Å²) >= 11 is 0. The van der Waals surface area contributed by atoms with E-state index in [0.717, 1.165) is 52.9 Å². The van der Waals surface area contributed by atoms with Crippen LogP contribution in [0.3, 0.4) is 0 Å². The Morgan fingerprint density at radius 1 is 0.742 bits per heavy atom. The molecule has 3 aromatic carbocycles. The molecule has 4 aromatic rings. The normalized spacial score (nSPS) is 19.9. The van der Waals surface area contributed by atoms with Crippen molar-refractivity contribution < 1.29 is 4.79 Å². The SMILES string of the molecule is O=C(c1ccccc1)N1C[C@@H]2C[C@H]1CN2c1nnc(-c2ccccc2)c2ccccc12. The Hall–Kier alpha value is -3.73. The Balaban J connectivity index is 1.32. The van der Waals surface area contributed by atoms with E-state index < -0.39 is 0 Å². The summed E-state index contributed by atoms with van der Waals surface area (Å²) in [5.74, 6) is 1.05. The summed E-state index contributed by atoms with van der Waals surface area (Å²) in [6, 6.07) is 28.6. The Kier molecular flexibility index (Phi) is 4.20. The number of aromatic nitrogens is 2. The van der Waals surface area contributed by atoms with Crippen LogP contribution in [-0.4, -0.2) is 46.2 Å². The van der Waals surface area contributed by atoms with Gasteiger partial charge < -0.3 is 9.80 Å². The minimum Gasteiger partial charge on any atom is -0.348 e. The van der Waals surface area contributed by atoms with Gasteiger partial charge in [-0.15, -0.1) is 10.2 Å². The van der Waals surface area contributed by atoms with Crippen molar-refractivity contribution in [2.24, 2.45) is 0 Å². The predicted molar refractivity (Wildman–Crippen MR) is 122 cm³/mol. The minimum absolute atomic E-state index is 0.128. The van der Waals surface area contributed by atoms with Crippen molar-refractivity contribution in [3.05, 3.63) is 90.5 Å². The Morgan fingerprint density at radius 3 is 2.13 bits per heavy atom. The molecular formula is C26H22N4O. The number of carbonyl (C=O) groups excluding carboxylic acids is 1. The molecule has 6 rings (SSSR count). The molecule has 0 aliphatic carbocycles. The van der Waals surface area contributed by atoms with Gasteiger partial charge in [-0.2, -0.15) is 0 Å². The van der Waals surface area contributed by atoms with Gasteiger partial charge >= 0.3 is 0 Å². The maximum atomic E-state index is 13.0. The Labute approximate surface area is 180 Å². The van der Waals surface area contributed by atoms with Crippen LogP contribution in [0.2, 0.25) is 0 Å². The average molecular weight is 406 g/mol. The number of rotatable bonds is 3. The molecular weight excluding hydrogens is 384 g/mol. The molecule has 5 nitrogen and oxygen atoms in total. The summed E-state index contributed by atoms with van der Waals surface area (Å²) in [7, 11) is 0. The fourth-order valence-corrected chi connectivity index (χ4v) is 5.03. The van der Waals surface area contributed by atoms with Gasteiger partial charge in [0.1, 0.15) is 5.69 Å². The van der Waals surface area contributed by atoms with Crippen molar-refractivity contribution in [1.29, 1.82) is 0 Å². The molecule has 2 fully saturated rings. The fourth-order valence-electron chi connectivity index (χ4n) is 5.03. The molecule has 31 heavy (non-hydrogen) atoms. The molecule has 152 valence electrons. The quantitative estimate of drug-likeness (QED) is 0.506. The second kappa shape index (κ2) is 7.20. The molecule has 0 spiro atoms. The first-order valence-corrected chi connectivity index (χ1v) is 10.7. The number of piperazine rings is 1. The second-order valence-corrected chi connectivity index (χ2v) is 8.30. The van der Waals surface area contributed by atoms with Crippen LogP contribution in [0.5, 0.6) is 0 Å². The lowest BCUT2D eigenvalue weighted by molar-refractivity contribution is 0.0725. The van der Waals surface area contributed by atoms with Crippen molar-refractivity contribution in [2.75, 3.05) is 18.0 Å². The Bertz CT molecular complexity index is 1260. The van der Waals surface area contributed by atoms with E-state index in [9.17, 15) is 4.79 Å². The van der Waals surface area contributed by atoms with Crippen LogP contribution < -0.4 is 4.90 Å². The molecule has 0 N–H and O–H groups in total. The van der Waals surface area contributed by atoms with E-state index in [1.54, 1.807) is 0 Å². The Morgan fingerprint density at radius 2 is 1.42 bits per heavy atom. The molecule has 5 heteroatoms. The number of amides is 1. The highest BCUT2D eigenvalue weighted by Crippen LogP contribution is 2.38. The van der Waals surface area contributed by atoms with Crippen LogP contribution >= 0.6 is 0 Å². The molecule has 1 aromatic heterocycles. The predicted octanol–water partition coefficient (Wildman–Crippen LogP) is 4.40. The zero-order chi connectivity index (χ0) is 20.8. The lowest BCUT2D eigenvalue weighted by Gasteiger charge is -2.35. The lowest BCUT2D eigenvalue weighted by Crippen LogP contribution is -2.49.